The van der Waals surface area contributed by atoms with E-state index in [-0.39, 0.29) is 17.5 Å². The van der Waals surface area contributed by atoms with Crippen molar-refractivity contribution in [2.24, 2.45) is 5.14 Å². The van der Waals surface area contributed by atoms with Crippen LogP contribution in [0.4, 0.5) is 10.2 Å². The molecule has 3 aromatic rings. The number of hydrogen-bond acceptors (Lipinski definition) is 6. The van der Waals surface area contributed by atoms with Gasteiger partial charge in [-0.05, 0) is 60.8 Å². The molecular weight excluding hydrogens is 417 g/mol. The highest BCUT2D eigenvalue weighted by molar-refractivity contribution is 7.98. The van der Waals surface area contributed by atoms with Gasteiger partial charge >= 0.3 is 0 Å². The molecule has 0 amide bonds. The number of fused-ring (bicyclic) bond motifs is 5. The Kier molecular flexibility index (Phi) is 5.42. The molecule has 7 nitrogen and oxygen atoms in total. The number of hydrogen-bond donors (Lipinski definition) is 2. The first kappa shape index (κ1) is 21.2. The van der Waals surface area contributed by atoms with Gasteiger partial charge in [-0.15, -0.1) is 0 Å². The fraction of sp³-hybridized carbons (Fsp3) is 0.227. The zero-order valence-electron chi connectivity index (χ0n) is 17.3. The predicted molar refractivity (Wildman–Crippen MR) is 120 cm³/mol. The van der Waals surface area contributed by atoms with E-state index < -0.39 is 15.8 Å². The summed E-state index contributed by atoms with van der Waals surface area (Å²) in [7, 11) is -0.940. The Labute approximate surface area is 181 Å². The maximum Gasteiger partial charge on any atom is 0.258 e. The standard InChI is InChI=1S/C22H24FN5O2S/c1-13-18-8-16(23)6-4-14(18)11-28(2)12-15-5-7-17(31(3,25)29)9-19(15)20-10-26-21(24)22(27-20)30-13/h4-10,13H,3,11-12H2,1-2H3,(H2,24,26)(H2,25,29). The van der Waals surface area contributed by atoms with Crippen molar-refractivity contribution in [1.29, 1.82) is 0 Å². The van der Waals surface area contributed by atoms with Crippen molar-refractivity contribution in [2.45, 2.75) is 31.0 Å². The van der Waals surface area contributed by atoms with Crippen molar-refractivity contribution in [3.63, 3.8) is 0 Å². The molecule has 0 fully saturated rings. The third kappa shape index (κ3) is 4.39. The lowest BCUT2D eigenvalue weighted by Crippen LogP contribution is -2.21. The van der Waals surface area contributed by atoms with E-state index in [0.29, 0.717) is 23.7 Å². The maximum absolute atomic E-state index is 14.0. The fourth-order valence-electron chi connectivity index (χ4n) is 3.70. The van der Waals surface area contributed by atoms with E-state index in [1.54, 1.807) is 18.2 Å². The van der Waals surface area contributed by atoms with Crippen molar-refractivity contribution in [3.8, 4) is 17.1 Å². The molecule has 0 radical (unpaired) electrons. The Morgan fingerprint density at radius 3 is 2.68 bits per heavy atom. The zero-order valence-corrected chi connectivity index (χ0v) is 18.2. The Morgan fingerprint density at radius 2 is 1.94 bits per heavy atom. The molecule has 1 aliphatic rings. The minimum absolute atomic E-state index is 0.125. The minimum Gasteiger partial charge on any atom is -0.467 e. The highest BCUT2D eigenvalue weighted by Crippen LogP contribution is 2.33. The van der Waals surface area contributed by atoms with Crippen molar-refractivity contribution in [2.75, 3.05) is 12.8 Å². The van der Waals surface area contributed by atoms with Crippen LogP contribution in [0.1, 0.15) is 29.7 Å². The van der Waals surface area contributed by atoms with Gasteiger partial charge in [0.25, 0.3) is 5.88 Å². The van der Waals surface area contributed by atoms with Gasteiger partial charge in [-0.3, -0.25) is 10.0 Å². The molecule has 4 N–H and O–H groups in total. The van der Waals surface area contributed by atoms with Gasteiger partial charge in [0, 0.05) is 23.5 Å². The van der Waals surface area contributed by atoms with Gasteiger partial charge in [0.05, 0.1) is 21.6 Å². The van der Waals surface area contributed by atoms with Crippen molar-refractivity contribution in [1.82, 2.24) is 14.9 Å². The molecule has 162 valence electrons. The summed E-state index contributed by atoms with van der Waals surface area (Å²) in [5.74, 6) is 3.51. The van der Waals surface area contributed by atoms with E-state index in [1.165, 1.54) is 18.3 Å². The molecular formula is C22H24FN5O2S. The highest BCUT2D eigenvalue weighted by atomic mass is 32.2. The average molecular weight is 442 g/mol. The summed E-state index contributed by atoms with van der Waals surface area (Å²) in [5, 5.41) is 5.77. The van der Waals surface area contributed by atoms with Crippen molar-refractivity contribution >= 4 is 21.4 Å². The Bertz CT molecular complexity index is 1260. The van der Waals surface area contributed by atoms with Gasteiger partial charge in [0.1, 0.15) is 11.9 Å². The third-order valence-corrected chi connectivity index (χ3v) is 6.29. The molecule has 1 aromatic heterocycles. The van der Waals surface area contributed by atoms with Crippen LogP contribution in [0.5, 0.6) is 5.88 Å². The molecule has 31 heavy (non-hydrogen) atoms. The van der Waals surface area contributed by atoms with E-state index >= 15 is 0 Å². The van der Waals surface area contributed by atoms with Crippen LogP contribution in [0, 0.1) is 5.82 Å². The molecule has 2 bridgehead atoms. The lowest BCUT2D eigenvalue weighted by molar-refractivity contribution is 0.214. The molecule has 1 aliphatic heterocycles. The van der Waals surface area contributed by atoms with E-state index in [4.69, 9.17) is 15.6 Å². The SMILES string of the molecule is C=S(N)(=O)c1ccc2c(c1)-c1cnc(N)c(n1)OC(C)c1cc(F)ccc1CN(C)C2. The lowest BCUT2D eigenvalue weighted by Gasteiger charge is -2.25. The molecule has 0 saturated carbocycles. The summed E-state index contributed by atoms with van der Waals surface area (Å²) >= 11 is 0. The predicted octanol–water partition coefficient (Wildman–Crippen LogP) is 2.90. The number of aromatic nitrogens is 2. The van der Waals surface area contributed by atoms with Gasteiger partial charge in [0.15, 0.2) is 5.82 Å². The molecule has 2 unspecified atom stereocenters. The van der Waals surface area contributed by atoms with Gasteiger partial charge in [-0.1, -0.05) is 12.1 Å². The number of rotatable bonds is 1. The van der Waals surface area contributed by atoms with Crippen LogP contribution >= 0.6 is 0 Å². The summed E-state index contributed by atoms with van der Waals surface area (Å²) in [6.07, 6.45) is 1.04. The fourth-order valence-corrected chi connectivity index (χ4v) is 4.32. The summed E-state index contributed by atoms with van der Waals surface area (Å²) in [6.45, 7) is 2.95. The number of ether oxygens (including phenoxy) is 1. The second-order valence-corrected chi connectivity index (χ2v) is 9.69. The average Bonchev–Trinajstić information content (AvgIpc) is 2.69. The molecule has 2 atom stereocenters. The monoisotopic (exact) mass is 441 g/mol. The Hall–Kier alpha value is -3.01. The number of halogens is 1. The maximum atomic E-state index is 14.0. The normalized spacial score (nSPS) is 18.5. The van der Waals surface area contributed by atoms with Gasteiger partial charge in [-0.25, -0.2) is 18.6 Å². The van der Waals surface area contributed by atoms with Crippen LogP contribution in [0.2, 0.25) is 0 Å². The highest BCUT2D eigenvalue weighted by Gasteiger charge is 2.21. The number of nitrogen functional groups attached to an aromatic ring is 1. The minimum atomic E-state index is -2.91. The van der Waals surface area contributed by atoms with Crippen LogP contribution in [0.25, 0.3) is 11.3 Å². The molecule has 4 rings (SSSR count). The van der Waals surface area contributed by atoms with Crippen molar-refractivity contribution in [3.05, 3.63) is 65.1 Å². The van der Waals surface area contributed by atoms with Crippen LogP contribution in [0.15, 0.2) is 47.5 Å². The summed E-state index contributed by atoms with van der Waals surface area (Å²) in [5.41, 5.74) is 9.81. The van der Waals surface area contributed by atoms with Gasteiger partial charge < -0.3 is 10.5 Å². The summed E-state index contributed by atoms with van der Waals surface area (Å²) in [6, 6.07) is 9.96. The number of nitrogens with two attached hydrogens (primary N) is 2. The van der Waals surface area contributed by atoms with Crippen LogP contribution < -0.4 is 15.6 Å². The Morgan fingerprint density at radius 1 is 1.23 bits per heavy atom. The van der Waals surface area contributed by atoms with Crippen LogP contribution in [0.3, 0.4) is 0 Å². The molecule has 0 spiro atoms. The first-order valence-corrected chi connectivity index (χ1v) is 11.4. The molecule has 0 saturated heterocycles. The Balaban J connectivity index is 1.92. The van der Waals surface area contributed by atoms with Crippen molar-refractivity contribution < 1.29 is 13.3 Å². The largest absolute Gasteiger partial charge is 0.467 e. The first-order valence-electron chi connectivity index (χ1n) is 9.66. The topological polar surface area (TPSA) is 107 Å². The molecule has 2 heterocycles. The van der Waals surface area contributed by atoms with E-state index in [1.807, 2.05) is 20.0 Å². The van der Waals surface area contributed by atoms with Crippen LogP contribution in [-0.2, 0) is 22.8 Å². The van der Waals surface area contributed by atoms with E-state index in [0.717, 1.165) is 22.3 Å². The van der Waals surface area contributed by atoms with E-state index in [9.17, 15) is 8.60 Å². The summed E-state index contributed by atoms with van der Waals surface area (Å²) < 4.78 is 32.3. The molecule has 9 heteroatoms. The molecule has 0 aliphatic carbocycles. The smallest absolute Gasteiger partial charge is 0.258 e. The second kappa shape index (κ2) is 7.92. The third-order valence-electron chi connectivity index (χ3n) is 5.24. The summed E-state index contributed by atoms with van der Waals surface area (Å²) in [4.78, 5) is 11.3. The molecule has 2 aromatic carbocycles. The number of benzene rings is 2. The first-order chi connectivity index (χ1) is 14.6. The lowest BCUT2D eigenvalue weighted by atomic mass is 10.0. The van der Waals surface area contributed by atoms with E-state index in [2.05, 4.69) is 20.7 Å². The number of anilines is 1. The number of nitrogens with zero attached hydrogens (tertiary/aromatic N) is 3. The van der Waals surface area contributed by atoms with Crippen LogP contribution in [-0.4, -0.2) is 32.0 Å². The van der Waals surface area contributed by atoms with Gasteiger partial charge in [0.2, 0.25) is 0 Å². The zero-order chi connectivity index (χ0) is 22.3. The quantitative estimate of drug-likeness (QED) is 0.562. The second-order valence-electron chi connectivity index (χ2n) is 7.77. The van der Waals surface area contributed by atoms with Gasteiger partial charge in [-0.2, -0.15) is 0 Å².